The maximum atomic E-state index is 4.42. The molecule has 0 amide bonds. The van der Waals surface area contributed by atoms with Crippen molar-refractivity contribution in [2.45, 2.75) is 27.3 Å². The normalized spacial score (nSPS) is 10.6. The molecule has 1 aromatic heterocycles. The molecule has 0 fully saturated rings. The molecule has 0 radical (unpaired) electrons. The molecule has 0 aliphatic carbocycles. The van der Waals surface area contributed by atoms with Gasteiger partial charge in [0, 0.05) is 41.9 Å². The fourth-order valence-electron chi connectivity index (χ4n) is 2.37. The lowest BCUT2D eigenvalue weighted by Gasteiger charge is -2.26. The van der Waals surface area contributed by atoms with E-state index in [2.05, 4.69) is 59.4 Å². The van der Waals surface area contributed by atoms with Gasteiger partial charge in [0.1, 0.15) is 0 Å². The third kappa shape index (κ3) is 3.17. The van der Waals surface area contributed by atoms with Crippen LogP contribution in [0.1, 0.15) is 23.7 Å². The predicted octanol–water partition coefficient (Wildman–Crippen LogP) is 3.58. The van der Waals surface area contributed by atoms with E-state index in [0.29, 0.717) is 0 Å². The van der Waals surface area contributed by atoms with E-state index < -0.39 is 0 Å². The van der Waals surface area contributed by atoms with E-state index in [1.54, 1.807) is 0 Å². The molecule has 1 heterocycles. The minimum Gasteiger partial charge on any atom is -0.341 e. The van der Waals surface area contributed by atoms with Crippen LogP contribution in [0, 0.1) is 13.8 Å². The molecule has 20 heavy (non-hydrogen) atoms. The monoisotopic (exact) mass is 269 g/mol. The lowest BCUT2D eigenvalue weighted by Crippen LogP contribution is -2.20. The molecule has 106 valence electrons. The minimum atomic E-state index is 0.824. The molecule has 0 aliphatic heterocycles. The lowest BCUT2D eigenvalue weighted by molar-refractivity contribution is 0.806. The number of aromatic nitrogens is 1. The molecule has 0 unspecified atom stereocenters. The van der Waals surface area contributed by atoms with Gasteiger partial charge in [0.15, 0.2) is 0 Å². The lowest BCUT2D eigenvalue weighted by atomic mass is 10.1. The summed E-state index contributed by atoms with van der Waals surface area (Å²) in [5.74, 6) is 0. The Labute approximate surface area is 121 Å². The number of anilines is 2. The van der Waals surface area contributed by atoms with Gasteiger partial charge in [0.2, 0.25) is 0 Å². The topological polar surface area (TPSA) is 28.2 Å². The zero-order chi connectivity index (χ0) is 14.5. The molecule has 2 aromatic rings. The highest BCUT2D eigenvalue weighted by molar-refractivity contribution is 5.66. The second kappa shape index (κ2) is 6.53. The summed E-state index contributed by atoms with van der Waals surface area (Å²) >= 11 is 0. The van der Waals surface area contributed by atoms with Crippen molar-refractivity contribution in [3.63, 3.8) is 0 Å². The summed E-state index contributed by atoms with van der Waals surface area (Å²) in [5, 5.41) is 3.22. The van der Waals surface area contributed by atoms with Gasteiger partial charge in [0.25, 0.3) is 0 Å². The Morgan fingerprint density at radius 2 is 1.85 bits per heavy atom. The van der Waals surface area contributed by atoms with Gasteiger partial charge in [-0.1, -0.05) is 17.7 Å². The Morgan fingerprint density at radius 1 is 1.15 bits per heavy atom. The maximum Gasteiger partial charge on any atom is 0.0489 e. The van der Waals surface area contributed by atoms with Crippen LogP contribution < -0.4 is 10.2 Å². The van der Waals surface area contributed by atoms with Gasteiger partial charge >= 0.3 is 0 Å². The number of hydrogen-bond acceptors (Lipinski definition) is 3. The van der Waals surface area contributed by atoms with Crippen LogP contribution in [-0.4, -0.2) is 18.6 Å². The summed E-state index contributed by atoms with van der Waals surface area (Å²) in [4.78, 5) is 6.75. The molecule has 3 heteroatoms. The highest BCUT2D eigenvalue weighted by Gasteiger charge is 2.12. The van der Waals surface area contributed by atoms with Gasteiger partial charge in [-0.15, -0.1) is 0 Å². The summed E-state index contributed by atoms with van der Waals surface area (Å²) in [7, 11) is 1.96. The van der Waals surface area contributed by atoms with Crippen molar-refractivity contribution in [3.8, 4) is 0 Å². The Morgan fingerprint density at radius 3 is 2.45 bits per heavy atom. The van der Waals surface area contributed by atoms with Crippen molar-refractivity contribution < 1.29 is 0 Å². The van der Waals surface area contributed by atoms with Crippen molar-refractivity contribution in [3.05, 3.63) is 53.3 Å². The van der Waals surface area contributed by atoms with Gasteiger partial charge in [-0.2, -0.15) is 0 Å². The quantitative estimate of drug-likeness (QED) is 0.899. The number of rotatable bonds is 5. The minimum absolute atomic E-state index is 0.824. The fraction of sp³-hybridized carbons (Fsp3) is 0.353. The van der Waals surface area contributed by atoms with E-state index in [1.807, 2.05) is 20.2 Å². The van der Waals surface area contributed by atoms with Gasteiger partial charge in [-0.25, -0.2) is 0 Å². The van der Waals surface area contributed by atoms with E-state index in [9.17, 15) is 0 Å². The van der Waals surface area contributed by atoms with Crippen LogP contribution in [0.3, 0.4) is 0 Å². The average Bonchev–Trinajstić information content (AvgIpc) is 2.45. The molecule has 2 rings (SSSR count). The second-order valence-corrected chi connectivity index (χ2v) is 5.06. The summed E-state index contributed by atoms with van der Waals surface area (Å²) in [6.07, 6.45) is 1.97. The van der Waals surface area contributed by atoms with Crippen molar-refractivity contribution in [2.24, 2.45) is 0 Å². The number of pyridine rings is 1. The summed E-state index contributed by atoms with van der Waals surface area (Å²) in [5.41, 5.74) is 6.01. The van der Waals surface area contributed by atoms with Crippen LogP contribution in [0.25, 0.3) is 0 Å². The highest BCUT2D eigenvalue weighted by atomic mass is 15.1. The number of aryl methyl sites for hydroxylation is 2. The first kappa shape index (κ1) is 14.5. The van der Waals surface area contributed by atoms with Gasteiger partial charge in [-0.3, -0.25) is 4.98 Å². The summed E-state index contributed by atoms with van der Waals surface area (Å²) in [6.45, 7) is 8.09. The number of nitrogens with one attached hydrogen (secondary N) is 1. The standard InChI is InChI=1S/C17H23N3/c1-5-20(16-8-6-13(2)7-9-16)17-10-14(3)19-12-15(17)11-18-4/h6-10,12,18H,5,11H2,1-4H3. The third-order valence-electron chi connectivity index (χ3n) is 3.42. The number of benzene rings is 1. The van der Waals surface area contributed by atoms with Crippen molar-refractivity contribution in [2.75, 3.05) is 18.5 Å². The first-order valence-corrected chi connectivity index (χ1v) is 7.10. The molecule has 0 spiro atoms. The first-order valence-electron chi connectivity index (χ1n) is 7.10. The van der Waals surface area contributed by atoms with Gasteiger partial charge < -0.3 is 10.2 Å². The molecular weight excluding hydrogens is 246 g/mol. The van der Waals surface area contributed by atoms with Crippen LogP contribution in [0.15, 0.2) is 36.5 Å². The molecule has 1 N–H and O–H groups in total. The molecule has 3 nitrogen and oxygen atoms in total. The number of hydrogen-bond donors (Lipinski definition) is 1. The zero-order valence-corrected chi connectivity index (χ0v) is 12.8. The van der Waals surface area contributed by atoms with E-state index in [0.717, 1.165) is 18.8 Å². The first-order chi connectivity index (χ1) is 9.65. The van der Waals surface area contributed by atoms with Crippen LogP contribution >= 0.6 is 0 Å². The van der Waals surface area contributed by atoms with Crippen LogP contribution in [0.5, 0.6) is 0 Å². The Kier molecular flexibility index (Phi) is 4.74. The average molecular weight is 269 g/mol. The Hall–Kier alpha value is -1.87. The molecule has 0 atom stereocenters. The van der Waals surface area contributed by atoms with Gasteiger partial charge in [-0.05, 0) is 46.0 Å². The summed E-state index contributed by atoms with van der Waals surface area (Å²) in [6, 6.07) is 10.8. The number of nitrogens with zero attached hydrogens (tertiary/aromatic N) is 2. The molecule has 0 saturated heterocycles. The smallest absolute Gasteiger partial charge is 0.0489 e. The van der Waals surface area contributed by atoms with E-state index >= 15 is 0 Å². The van der Waals surface area contributed by atoms with E-state index in [1.165, 1.54) is 22.5 Å². The summed E-state index contributed by atoms with van der Waals surface area (Å²) < 4.78 is 0. The SMILES string of the molecule is CCN(c1ccc(C)cc1)c1cc(C)ncc1CNC. The van der Waals surface area contributed by atoms with Gasteiger partial charge in [0.05, 0.1) is 0 Å². The Bertz CT molecular complexity index is 561. The highest BCUT2D eigenvalue weighted by Crippen LogP contribution is 2.29. The fourth-order valence-corrected chi connectivity index (χ4v) is 2.37. The molecule has 1 aromatic carbocycles. The van der Waals surface area contributed by atoms with Crippen molar-refractivity contribution >= 4 is 11.4 Å². The van der Waals surface area contributed by atoms with Crippen LogP contribution in [0.2, 0.25) is 0 Å². The molecular formula is C17H23N3. The largest absolute Gasteiger partial charge is 0.341 e. The van der Waals surface area contributed by atoms with E-state index in [-0.39, 0.29) is 0 Å². The van der Waals surface area contributed by atoms with Crippen molar-refractivity contribution in [1.82, 2.24) is 10.3 Å². The van der Waals surface area contributed by atoms with Crippen LogP contribution in [0.4, 0.5) is 11.4 Å². The second-order valence-electron chi connectivity index (χ2n) is 5.06. The molecule has 0 bridgehead atoms. The maximum absolute atomic E-state index is 4.42. The zero-order valence-electron chi connectivity index (χ0n) is 12.8. The molecule has 0 aliphatic rings. The molecule has 0 saturated carbocycles. The van der Waals surface area contributed by atoms with Crippen LogP contribution in [-0.2, 0) is 6.54 Å². The predicted molar refractivity (Wildman–Crippen MR) is 85.6 cm³/mol. The third-order valence-corrected chi connectivity index (χ3v) is 3.42. The van der Waals surface area contributed by atoms with E-state index in [4.69, 9.17) is 0 Å². The van der Waals surface area contributed by atoms with Crippen molar-refractivity contribution in [1.29, 1.82) is 0 Å². The Balaban J connectivity index is 2.45.